The number of aliphatic hydroxyl groups excluding tert-OH is 1. The van der Waals surface area contributed by atoms with Crippen LogP contribution in [0.4, 0.5) is 5.69 Å². The van der Waals surface area contributed by atoms with E-state index in [1.165, 1.54) is 0 Å². The molecule has 0 aliphatic carbocycles. The fourth-order valence-electron chi connectivity index (χ4n) is 1.12. The summed E-state index contributed by atoms with van der Waals surface area (Å²) in [6.45, 7) is 2.47. The molecule has 0 saturated heterocycles. The molecule has 14 heavy (non-hydrogen) atoms. The van der Waals surface area contributed by atoms with Gasteiger partial charge in [-0.05, 0) is 31.5 Å². The van der Waals surface area contributed by atoms with E-state index < -0.39 is 0 Å². The van der Waals surface area contributed by atoms with Crippen molar-refractivity contribution in [3.8, 4) is 6.07 Å². The van der Waals surface area contributed by atoms with Gasteiger partial charge in [0.15, 0.2) is 0 Å². The lowest BCUT2D eigenvalue weighted by Gasteiger charge is -2.07. The molecular formula is C11H14N2O. The first kappa shape index (κ1) is 10.6. The third-order valence-electron chi connectivity index (χ3n) is 1.88. The Morgan fingerprint density at radius 3 is 3.00 bits per heavy atom. The van der Waals surface area contributed by atoms with Crippen LogP contribution < -0.4 is 5.32 Å². The zero-order chi connectivity index (χ0) is 10.4. The molecule has 0 aliphatic heterocycles. The summed E-state index contributed by atoms with van der Waals surface area (Å²) < 4.78 is 0. The minimum absolute atomic E-state index is 0.290. The third kappa shape index (κ3) is 3.46. The van der Waals surface area contributed by atoms with Crippen molar-refractivity contribution in [1.82, 2.24) is 0 Å². The second kappa shape index (κ2) is 5.25. The molecule has 0 radical (unpaired) electrons. The number of hydrogen-bond acceptors (Lipinski definition) is 3. The first-order valence-electron chi connectivity index (χ1n) is 4.64. The van der Waals surface area contributed by atoms with Gasteiger partial charge < -0.3 is 10.4 Å². The van der Waals surface area contributed by atoms with Crippen molar-refractivity contribution in [2.24, 2.45) is 0 Å². The van der Waals surface area contributed by atoms with Gasteiger partial charge in [-0.1, -0.05) is 6.07 Å². The van der Waals surface area contributed by atoms with E-state index in [0.717, 1.165) is 5.69 Å². The van der Waals surface area contributed by atoms with Gasteiger partial charge in [-0.2, -0.15) is 5.26 Å². The highest BCUT2D eigenvalue weighted by Gasteiger charge is 1.96. The molecule has 74 valence electrons. The molecule has 1 unspecified atom stereocenters. The fraction of sp³-hybridized carbons (Fsp3) is 0.364. The topological polar surface area (TPSA) is 56.0 Å². The molecule has 0 saturated carbocycles. The molecule has 0 aromatic heterocycles. The lowest BCUT2D eigenvalue weighted by Crippen LogP contribution is -2.09. The molecule has 1 aromatic rings. The second-order valence-electron chi connectivity index (χ2n) is 3.26. The van der Waals surface area contributed by atoms with E-state index in [1.807, 2.05) is 12.1 Å². The number of hydrogen-bond donors (Lipinski definition) is 2. The molecule has 0 bridgehead atoms. The maximum absolute atomic E-state index is 9.04. The summed E-state index contributed by atoms with van der Waals surface area (Å²) in [5.74, 6) is 0. The van der Waals surface area contributed by atoms with Crippen LogP contribution in [0.2, 0.25) is 0 Å². The highest BCUT2D eigenvalue weighted by atomic mass is 16.3. The maximum atomic E-state index is 9.04. The molecule has 0 aliphatic rings. The van der Waals surface area contributed by atoms with E-state index >= 15 is 0 Å². The number of anilines is 1. The number of aliphatic hydroxyl groups is 1. The minimum atomic E-state index is -0.290. The standard InChI is InChI=1S/C11H14N2O/c1-9(14)5-6-13-11-4-2-3-10(7-11)8-12/h2-4,7,9,13-14H,5-6H2,1H3. The van der Waals surface area contributed by atoms with Crippen LogP contribution in [-0.4, -0.2) is 17.8 Å². The number of nitriles is 1. The van der Waals surface area contributed by atoms with E-state index in [2.05, 4.69) is 11.4 Å². The fourth-order valence-corrected chi connectivity index (χ4v) is 1.12. The van der Waals surface area contributed by atoms with Crippen LogP contribution in [0, 0.1) is 11.3 Å². The Morgan fingerprint density at radius 1 is 1.57 bits per heavy atom. The van der Waals surface area contributed by atoms with Crippen LogP contribution in [0.25, 0.3) is 0 Å². The Bertz CT molecular complexity index is 328. The van der Waals surface area contributed by atoms with Gasteiger partial charge in [-0.15, -0.1) is 0 Å². The van der Waals surface area contributed by atoms with Crippen molar-refractivity contribution in [1.29, 1.82) is 5.26 Å². The molecule has 2 N–H and O–H groups in total. The predicted molar refractivity (Wildman–Crippen MR) is 55.9 cm³/mol. The average molecular weight is 190 g/mol. The van der Waals surface area contributed by atoms with Crippen LogP contribution in [0.1, 0.15) is 18.9 Å². The average Bonchev–Trinajstić information content (AvgIpc) is 2.18. The molecule has 0 heterocycles. The third-order valence-corrected chi connectivity index (χ3v) is 1.88. The Morgan fingerprint density at radius 2 is 2.36 bits per heavy atom. The van der Waals surface area contributed by atoms with Crippen molar-refractivity contribution in [3.05, 3.63) is 29.8 Å². The monoisotopic (exact) mass is 190 g/mol. The van der Waals surface area contributed by atoms with Crippen LogP contribution >= 0.6 is 0 Å². The molecule has 0 fully saturated rings. The smallest absolute Gasteiger partial charge is 0.0992 e. The number of rotatable bonds is 4. The summed E-state index contributed by atoms with van der Waals surface area (Å²) >= 11 is 0. The quantitative estimate of drug-likeness (QED) is 0.760. The van der Waals surface area contributed by atoms with E-state index in [4.69, 9.17) is 10.4 Å². The number of nitrogens with zero attached hydrogens (tertiary/aromatic N) is 1. The van der Waals surface area contributed by atoms with Crippen LogP contribution in [0.15, 0.2) is 24.3 Å². The Hall–Kier alpha value is -1.53. The van der Waals surface area contributed by atoms with E-state index in [9.17, 15) is 0 Å². The lowest BCUT2D eigenvalue weighted by atomic mass is 10.2. The molecule has 1 rings (SSSR count). The van der Waals surface area contributed by atoms with Gasteiger partial charge in [-0.25, -0.2) is 0 Å². The Labute approximate surface area is 84.0 Å². The molecule has 0 spiro atoms. The zero-order valence-corrected chi connectivity index (χ0v) is 8.20. The Balaban J connectivity index is 2.47. The van der Waals surface area contributed by atoms with Crippen LogP contribution in [0.5, 0.6) is 0 Å². The summed E-state index contributed by atoms with van der Waals surface area (Å²) in [6.07, 6.45) is 0.415. The van der Waals surface area contributed by atoms with Crippen molar-refractivity contribution < 1.29 is 5.11 Å². The molecule has 1 aromatic carbocycles. The van der Waals surface area contributed by atoms with Gasteiger partial charge in [-0.3, -0.25) is 0 Å². The molecular weight excluding hydrogens is 176 g/mol. The molecule has 3 nitrogen and oxygen atoms in total. The predicted octanol–water partition coefficient (Wildman–Crippen LogP) is 1.74. The van der Waals surface area contributed by atoms with Crippen molar-refractivity contribution in [2.45, 2.75) is 19.4 Å². The normalized spacial score (nSPS) is 11.8. The Kier molecular flexibility index (Phi) is 3.96. The first-order valence-corrected chi connectivity index (χ1v) is 4.64. The van der Waals surface area contributed by atoms with Gasteiger partial charge in [0.05, 0.1) is 17.7 Å². The number of benzene rings is 1. The highest BCUT2D eigenvalue weighted by molar-refractivity contribution is 5.48. The summed E-state index contributed by atoms with van der Waals surface area (Å²) in [4.78, 5) is 0. The summed E-state index contributed by atoms with van der Waals surface area (Å²) in [5.41, 5.74) is 1.57. The SMILES string of the molecule is CC(O)CCNc1cccc(C#N)c1. The number of nitrogens with one attached hydrogen (secondary N) is 1. The van der Waals surface area contributed by atoms with E-state index in [1.54, 1.807) is 19.1 Å². The van der Waals surface area contributed by atoms with E-state index in [-0.39, 0.29) is 6.10 Å². The molecule has 0 amide bonds. The summed E-state index contributed by atoms with van der Waals surface area (Å²) in [5, 5.41) is 20.8. The lowest BCUT2D eigenvalue weighted by molar-refractivity contribution is 0.189. The zero-order valence-electron chi connectivity index (χ0n) is 8.20. The van der Waals surface area contributed by atoms with Gasteiger partial charge in [0.2, 0.25) is 0 Å². The van der Waals surface area contributed by atoms with Crippen LogP contribution in [-0.2, 0) is 0 Å². The van der Waals surface area contributed by atoms with Crippen molar-refractivity contribution in [2.75, 3.05) is 11.9 Å². The second-order valence-corrected chi connectivity index (χ2v) is 3.26. The van der Waals surface area contributed by atoms with Crippen LogP contribution in [0.3, 0.4) is 0 Å². The van der Waals surface area contributed by atoms with E-state index in [0.29, 0.717) is 18.5 Å². The van der Waals surface area contributed by atoms with Crippen molar-refractivity contribution in [3.63, 3.8) is 0 Å². The molecule has 1 atom stereocenters. The highest BCUT2D eigenvalue weighted by Crippen LogP contribution is 2.09. The maximum Gasteiger partial charge on any atom is 0.0992 e. The van der Waals surface area contributed by atoms with Gasteiger partial charge in [0.1, 0.15) is 0 Å². The minimum Gasteiger partial charge on any atom is -0.393 e. The summed E-state index contributed by atoms with van der Waals surface area (Å²) in [7, 11) is 0. The van der Waals surface area contributed by atoms with Gasteiger partial charge in [0, 0.05) is 12.2 Å². The largest absolute Gasteiger partial charge is 0.393 e. The van der Waals surface area contributed by atoms with Crippen molar-refractivity contribution >= 4 is 5.69 Å². The van der Waals surface area contributed by atoms with Gasteiger partial charge in [0.25, 0.3) is 0 Å². The molecule has 3 heteroatoms. The summed E-state index contributed by atoms with van der Waals surface area (Å²) in [6, 6.07) is 9.38. The first-order chi connectivity index (χ1) is 6.72. The van der Waals surface area contributed by atoms with Gasteiger partial charge >= 0.3 is 0 Å².